The van der Waals surface area contributed by atoms with Crippen molar-refractivity contribution in [3.8, 4) is 0 Å². The molecule has 21 heteroatoms. The second-order valence-corrected chi connectivity index (χ2v) is 22.4. The lowest BCUT2D eigenvalue weighted by Gasteiger charge is -2.30. The van der Waals surface area contributed by atoms with E-state index in [-0.39, 0.29) is 41.5 Å². The highest BCUT2D eigenvalue weighted by Gasteiger charge is 2.49. The summed E-state index contributed by atoms with van der Waals surface area (Å²) in [7, 11) is -11.3. The number of carbonyl (C=O) groups excluding carboxylic acids is 3. The van der Waals surface area contributed by atoms with Gasteiger partial charge < -0.3 is 19.2 Å². The number of allylic oxidation sites excluding steroid dienone is 6. The number of benzene rings is 4. The number of imide groups is 1. The van der Waals surface area contributed by atoms with Gasteiger partial charge in [-0.25, -0.2) is 4.79 Å². The third kappa shape index (κ3) is 10.5. The van der Waals surface area contributed by atoms with Crippen LogP contribution in [0, 0.1) is 0 Å². The Labute approximate surface area is 413 Å². The molecule has 0 radical (unpaired) electrons. The maximum atomic E-state index is 12.7. The van der Waals surface area contributed by atoms with Crippen LogP contribution < -0.4 is 4.90 Å². The van der Waals surface area contributed by atoms with E-state index < -0.39 is 68.8 Å². The number of unbranched alkanes of at least 4 members (excludes halogenated alkanes) is 2. The van der Waals surface area contributed by atoms with Crippen molar-refractivity contribution in [2.45, 2.75) is 104 Å². The Kier molecular flexibility index (Phi) is 15.6. The number of nitrogens with zero attached hydrogens (tertiary/aromatic N) is 3. The third-order valence-electron chi connectivity index (χ3n) is 13.6. The molecule has 3 N–H and O–H groups in total. The second kappa shape index (κ2) is 20.8. The summed E-state index contributed by atoms with van der Waals surface area (Å²) in [5.74, 6) is -1.79. The Balaban J connectivity index is 1.28. The van der Waals surface area contributed by atoms with Gasteiger partial charge in [0.1, 0.15) is 16.3 Å². The van der Waals surface area contributed by atoms with Crippen LogP contribution in [-0.2, 0) is 69.9 Å². The average molecular weight is 1040 g/mol. The fraction of sp³-hybridized carbons (Fsp3) is 0.400. The number of methoxy groups -OCH3 is 2. The van der Waals surface area contributed by atoms with Gasteiger partial charge in [-0.05, 0) is 92.3 Å². The summed E-state index contributed by atoms with van der Waals surface area (Å²) >= 11 is 0. The van der Waals surface area contributed by atoms with Crippen molar-refractivity contribution in [3.05, 3.63) is 102 Å². The highest BCUT2D eigenvalue weighted by molar-refractivity contribution is 7.87. The molecule has 380 valence electrons. The van der Waals surface area contributed by atoms with Crippen molar-refractivity contribution < 1.29 is 72.2 Å². The normalized spacial score (nSPS) is 20.3. The van der Waals surface area contributed by atoms with E-state index in [1.54, 1.807) is 32.4 Å². The Morgan fingerprint density at radius 3 is 2.01 bits per heavy atom. The molecule has 1 fully saturated rings. The quantitative estimate of drug-likeness (QED) is 0.0240. The molecule has 7 rings (SSSR count). The number of anilines is 1. The molecule has 2 amide bonds. The first-order chi connectivity index (χ1) is 33.5. The summed E-state index contributed by atoms with van der Waals surface area (Å²) < 4.78 is 120. The van der Waals surface area contributed by atoms with E-state index in [9.17, 15) is 53.3 Å². The average Bonchev–Trinajstić information content (AvgIpc) is 3.85. The molecule has 0 saturated carbocycles. The summed E-state index contributed by atoms with van der Waals surface area (Å²) in [4.78, 5) is 42.1. The predicted octanol–water partition coefficient (Wildman–Crippen LogP) is 7.51. The van der Waals surface area contributed by atoms with E-state index in [4.69, 9.17) is 14.3 Å². The lowest BCUT2D eigenvalue weighted by molar-refractivity contribution is -0.437. The fourth-order valence-corrected chi connectivity index (χ4v) is 12.3. The van der Waals surface area contributed by atoms with Crippen LogP contribution in [0.25, 0.3) is 21.5 Å². The standard InChI is InChI=1S/C50H57N3O15S3/c1-6-27-51-39-22-20-35-37(31-33(69(57,58)59)32-41(35)71(63,64)65)48(39)50(3,26-30-67-5)42(51)16-9-7-10-17-43-49(2,25-29-66-4)47-36-14-13-15-40(70(60,61)62)34(36)19-21-38(47)52(43)28-12-8-11-18-46(56)68-53-44(54)23-24-45(53)55/h7,9-10,13-17,19-22,31-32H,6,8,11-12,18,23-30H2,1-5H3,(H2-,57,58,59,60,61,62,63,64,65)/p+1. The van der Waals surface area contributed by atoms with Gasteiger partial charge in [-0.1, -0.05) is 49.8 Å². The molecule has 71 heavy (non-hydrogen) atoms. The van der Waals surface area contributed by atoms with E-state index in [0.29, 0.717) is 85.3 Å². The van der Waals surface area contributed by atoms with Crippen LogP contribution in [0.5, 0.6) is 0 Å². The highest BCUT2D eigenvalue weighted by atomic mass is 32.2. The molecule has 4 aromatic rings. The number of fused-ring (bicyclic) bond motifs is 6. The summed E-state index contributed by atoms with van der Waals surface area (Å²) in [6.45, 7) is 7.59. The molecule has 3 aliphatic rings. The summed E-state index contributed by atoms with van der Waals surface area (Å²) in [6.07, 6.45) is 12.6. The van der Waals surface area contributed by atoms with E-state index in [1.165, 1.54) is 18.2 Å². The van der Waals surface area contributed by atoms with Crippen LogP contribution in [0.1, 0.15) is 89.7 Å². The Morgan fingerprint density at radius 1 is 0.732 bits per heavy atom. The van der Waals surface area contributed by atoms with Gasteiger partial charge in [0.05, 0.1) is 10.3 Å². The van der Waals surface area contributed by atoms with Gasteiger partial charge in [-0.15, -0.1) is 5.06 Å². The molecular weight excluding hydrogens is 979 g/mol. The molecule has 3 aliphatic heterocycles. The molecule has 0 aromatic heterocycles. The van der Waals surface area contributed by atoms with Gasteiger partial charge in [0.2, 0.25) is 5.69 Å². The fourth-order valence-electron chi connectivity index (χ4n) is 10.2. The topological polar surface area (TPSA) is 251 Å². The number of hydrogen-bond acceptors (Lipinski definition) is 13. The molecule has 0 bridgehead atoms. The van der Waals surface area contributed by atoms with Crippen molar-refractivity contribution in [3.63, 3.8) is 0 Å². The maximum Gasteiger partial charge on any atom is 0.333 e. The van der Waals surface area contributed by atoms with Crippen LogP contribution >= 0.6 is 0 Å². The van der Waals surface area contributed by atoms with Crippen molar-refractivity contribution in [2.75, 3.05) is 45.4 Å². The molecule has 4 aromatic carbocycles. The van der Waals surface area contributed by atoms with Crippen LogP contribution in [0.3, 0.4) is 0 Å². The SMILES string of the molecule is CCC[N+]1=C(/C=C/C=C/C=C2/N(CCCCCC(=O)ON3C(=O)CCC3=O)c3ccc4c(S(=O)(=O)O)cccc4c3C2(C)CCOC)C(C)(CCOC)c2c1ccc1c(S(=O)(=O)O)cc(S(=O)(=O)O)cc21. The van der Waals surface area contributed by atoms with Gasteiger partial charge in [0, 0.05) is 105 Å². The molecule has 0 spiro atoms. The number of amides is 2. The van der Waals surface area contributed by atoms with Crippen LogP contribution in [0.4, 0.5) is 11.4 Å². The van der Waals surface area contributed by atoms with Crippen LogP contribution in [-0.4, -0.2) is 113 Å². The van der Waals surface area contributed by atoms with Gasteiger partial charge >= 0.3 is 5.97 Å². The lowest BCUT2D eigenvalue weighted by Crippen LogP contribution is -2.33. The summed E-state index contributed by atoms with van der Waals surface area (Å²) in [6, 6.07) is 13.5. The third-order valence-corrected chi connectivity index (χ3v) is 16.2. The van der Waals surface area contributed by atoms with Crippen LogP contribution in [0.2, 0.25) is 0 Å². The van der Waals surface area contributed by atoms with Gasteiger partial charge in [-0.2, -0.15) is 29.8 Å². The predicted molar refractivity (Wildman–Crippen MR) is 264 cm³/mol. The number of rotatable bonds is 21. The zero-order chi connectivity index (χ0) is 51.7. The molecule has 2 unspecified atom stereocenters. The first-order valence-corrected chi connectivity index (χ1v) is 27.5. The van der Waals surface area contributed by atoms with E-state index in [2.05, 4.69) is 16.4 Å². The molecular formula is C50H58N3O15S3+. The second-order valence-electron chi connectivity index (χ2n) is 18.2. The highest BCUT2D eigenvalue weighted by Crippen LogP contribution is 2.54. The van der Waals surface area contributed by atoms with E-state index in [0.717, 1.165) is 28.7 Å². The smallest absolute Gasteiger partial charge is 0.333 e. The molecule has 3 heterocycles. The first kappa shape index (κ1) is 53.2. The Morgan fingerprint density at radius 2 is 1.38 bits per heavy atom. The monoisotopic (exact) mass is 1040 g/mol. The largest absolute Gasteiger partial charge is 0.385 e. The molecule has 2 atom stereocenters. The number of ether oxygens (including phenoxy) is 2. The Bertz CT molecular complexity index is 3280. The minimum absolute atomic E-state index is 0.00638. The summed E-state index contributed by atoms with van der Waals surface area (Å²) in [5, 5.41) is 1.81. The number of hydroxylamine groups is 2. The first-order valence-electron chi connectivity index (χ1n) is 23.1. The van der Waals surface area contributed by atoms with E-state index in [1.807, 2.05) is 56.4 Å². The van der Waals surface area contributed by atoms with Crippen molar-refractivity contribution >= 4 is 86.8 Å². The number of hydrogen-bond donors (Lipinski definition) is 3. The minimum atomic E-state index is -4.95. The molecule has 1 saturated heterocycles. The summed E-state index contributed by atoms with van der Waals surface area (Å²) in [5.41, 5.74) is 2.90. The maximum absolute atomic E-state index is 12.7. The van der Waals surface area contributed by atoms with Crippen molar-refractivity contribution in [1.29, 1.82) is 0 Å². The Hall–Kier alpha value is -5.65. The van der Waals surface area contributed by atoms with Gasteiger partial charge in [-0.3, -0.25) is 23.2 Å². The zero-order valence-electron chi connectivity index (χ0n) is 40.1. The van der Waals surface area contributed by atoms with Crippen LogP contribution in [0.15, 0.2) is 105 Å². The zero-order valence-corrected chi connectivity index (χ0v) is 42.5. The number of carbonyl (C=O) groups is 3. The van der Waals surface area contributed by atoms with Crippen molar-refractivity contribution in [2.24, 2.45) is 0 Å². The van der Waals surface area contributed by atoms with Gasteiger partial charge in [0.25, 0.3) is 42.2 Å². The van der Waals surface area contributed by atoms with E-state index >= 15 is 0 Å². The molecule has 18 nitrogen and oxygen atoms in total. The molecule has 0 aliphatic carbocycles. The van der Waals surface area contributed by atoms with Crippen molar-refractivity contribution in [1.82, 2.24) is 5.06 Å². The minimum Gasteiger partial charge on any atom is -0.385 e. The lowest BCUT2D eigenvalue weighted by atomic mass is 9.75. The van der Waals surface area contributed by atoms with Gasteiger partial charge in [0.15, 0.2) is 5.71 Å².